The van der Waals surface area contributed by atoms with Crippen molar-refractivity contribution in [3.63, 3.8) is 0 Å². The molecule has 1 aromatic rings. The van der Waals surface area contributed by atoms with Gasteiger partial charge in [0.25, 0.3) is 5.91 Å². The molecule has 0 aliphatic carbocycles. The molecule has 140 valence electrons. The second kappa shape index (κ2) is 9.41. The van der Waals surface area contributed by atoms with Crippen molar-refractivity contribution in [2.45, 2.75) is 57.2 Å². The van der Waals surface area contributed by atoms with E-state index in [4.69, 9.17) is 15.2 Å². The summed E-state index contributed by atoms with van der Waals surface area (Å²) in [5.74, 6) is 0.783. The number of nitrogens with two attached hydrogens (primary N) is 1. The van der Waals surface area contributed by atoms with Crippen molar-refractivity contribution in [3.05, 3.63) is 29.8 Å². The molecular formula is C19H29ClN2O3. The Kier molecular flexibility index (Phi) is 7.54. The van der Waals surface area contributed by atoms with E-state index >= 15 is 0 Å². The van der Waals surface area contributed by atoms with Crippen molar-refractivity contribution in [2.75, 3.05) is 19.8 Å². The molecule has 2 aliphatic rings. The van der Waals surface area contributed by atoms with Gasteiger partial charge in [-0.2, -0.15) is 0 Å². The van der Waals surface area contributed by atoms with E-state index in [9.17, 15) is 4.79 Å². The van der Waals surface area contributed by atoms with Crippen molar-refractivity contribution < 1.29 is 14.3 Å². The standard InChI is InChI=1S/C19H28N2O3.ClH/c1-14(20)18-9-2-3-10-21(18)19(22)15-6-4-7-16(12-15)24-13-17-8-5-11-23-17;/h4,6-7,12,14,17-18H,2-3,5,8-11,13,20H2,1H3;1H. The largest absolute Gasteiger partial charge is 0.491 e. The van der Waals surface area contributed by atoms with Crippen LogP contribution in [0.15, 0.2) is 24.3 Å². The third-order valence-corrected chi connectivity index (χ3v) is 4.96. The summed E-state index contributed by atoms with van der Waals surface area (Å²) in [6.07, 6.45) is 5.49. The van der Waals surface area contributed by atoms with Gasteiger partial charge < -0.3 is 20.1 Å². The Labute approximate surface area is 156 Å². The van der Waals surface area contributed by atoms with Crippen LogP contribution in [0.2, 0.25) is 0 Å². The molecule has 2 fully saturated rings. The molecule has 1 aromatic carbocycles. The number of benzene rings is 1. The first kappa shape index (κ1) is 20.0. The summed E-state index contributed by atoms with van der Waals surface area (Å²) in [6.45, 7) is 4.13. The molecule has 1 amide bonds. The molecule has 2 saturated heterocycles. The average Bonchev–Trinajstić information content (AvgIpc) is 3.13. The van der Waals surface area contributed by atoms with Crippen molar-refractivity contribution in [1.29, 1.82) is 0 Å². The lowest BCUT2D eigenvalue weighted by atomic mass is 9.96. The number of ether oxygens (including phenoxy) is 2. The first-order valence-corrected chi connectivity index (χ1v) is 9.06. The zero-order valence-corrected chi connectivity index (χ0v) is 15.7. The molecule has 0 aromatic heterocycles. The topological polar surface area (TPSA) is 64.8 Å². The van der Waals surface area contributed by atoms with Crippen LogP contribution in [-0.2, 0) is 4.74 Å². The zero-order valence-electron chi connectivity index (χ0n) is 14.9. The number of piperidine rings is 1. The van der Waals surface area contributed by atoms with Crippen LogP contribution in [-0.4, -0.2) is 48.8 Å². The van der Waals surface area contributed by atoms with Crippen LogP contribution >= 0.6 is 12.4 Å². The Morgan fingerprint density at radius 3 is 2.92 bits per heavy atom. The third kappa shape index (κ3) is 5.09. The number of hydrogen-bond acceptors (Lipinski definition) is 4. The van der Waals surface area contributed by atoms with E-state index < -0.39 is 0 Å². The summed E-state index contributed by atoms with van der Waals surface area (Å²) in [5, 5.41) is 0. The Morgan fingerprint density at radius 2 is 2.20 bits per heavy atom. The minimum Gasteiger partial charge on any atom is -0.491 e. The normalized spacial score (nSPS) is 24.5. The van der Waals surface area contributed by atoms with Crippen LogP contribution in [0, 0.1) is 0 Å². The van der Waals surface area contributed by atoms with Gasteiger partial charge >= 0.3 is 0 Å². The van der Waals surface area contributed by atoms with Crippen molar-refractivity contribution in [3.8, 4) is 5.75 Å². The third-order valence-electron chi connectivity index (χ3n) is 4.96. The van der Waals surface area contributed by atoms with Crippen LogP contribution in [0.25, 0.3) is 0 Å². The molecule has 0 saturated carbocycles. The molecule has 6 heteroatoms. The monoisotopic (exact) mass is 368 g/mol. The zero-order chi connectivity index (χ0) is 16.9. The van der Waals surface area contributed by atoms with Crippen molar-refractivity contribution >= 4 is 18.3 Å². The number of hydrogen-bond donors (Lipinski definition) is 1. The summed E-state index contributed by atoms with van der Waals surface area (Å²) in [7, 11) is 0. The van der Waals surface area contributed by atoms with Crippen LogP contribution in [0.5, 0.6) is 5.75 Å². The Balaban J connectivity index is 0.00000225. The lowest BCUT2D eigenvalue weighted by Crippen LogP contribution is -2.51. The van der Waals surface area contributed by atoms with E-state index in [1.54, 1.807) is 0 Å². The number of nitrogens with zero attached hydrogens (tertiary/aromatic N) is 1. The van der Waals surface area contributed by atoms with Gasteiger partial charge in [-0.3, -0.25) is 4.79 Å². The highest BCUT2D eigenvalue weighted by Crippen LogP contribution is 2.23. The quantitative estimate of drug-likeness (QED) is 0.867. The lowest BCUT2D eigenvalue weighted by Gasteiger charge is -2.38. The highest BCUT2D eigenvalue weighted by molar-refractivity contribution is 5.95. The van der Waals surface area contributed by atoms with E-state index in [2.05, 4.69) is 0 Å². The summed E-state index contributed by atoms with van der Waals surface area (Å²) in [4.78, 5) is 14.9. The number of carbonyl (C=O) groups excluding carboxylic acids is 1. The van der Waals surface area contributed by atoms with E-state index in [0.29, 0.717) is 12.2 Å². The first-order valence-electron chi connectivity index (χ1n) is 9.06. The number of likely N-dealkylation sites (tertiary alicyclic amines) is 1. The van der Waals surface area contributed by atoms with Gasteiger partial charge in [-0.05, 0) is 57.2 Å². The van der Waals surface area contributed by atoms with Gasteiger partial charge in [0.2, 0.25) is 0 Å². The van der Waals surface area contributed by atoms with Gasteiger partial charge in [0.1, 0.15) is 12.4 Å². The molecule has 2 aliphatic heterocycles. The fourth-order valence-corrected chi connectivity index (χ4v) is 3.61. The Hall–Kier alpha value is -1.30. The molecule has 25 heavy (non-hydrogen) atoms. The maximum atomic E-state index is 12.9. The Bertz CT molecular complexity index is 561. The van der Waals surface area contributed by atoms with Gasteiger partial charge in [-0.1, -0.05) is 6.07 Å². The molecule has 3 unspecified atom stereocenters. The van der Waals surface area contributed by atoms with Crippen molar-refractivity contribution in [2.24, 2.45) is 5.73 Å². The van der Waals surface area contributed by atoms with Crippen LogP contribution < -0.4 is 10.5 Å². The number of carbonyl (C=O) groups is 1. The second-order valence-corrected chi connectivity index (χ2v) is 6.89. The summed E-state index contributed by atoms with van der Waals surface area (Å²) in [6, 6.07) is 7.59. The van der Waals surface area contributed by atoms with E-state index in [1.807, 2.05) is 36.1 Å². The van der Waals surface area contributed by atoms with Crippen molar-refractivity contribution in [1.82, 2.24) is 4.90 Å². The van der Waals surface area contributed by atoms with Gasteiger partial charge in [0.05, 0.1) is 6.10 Å². The number of rotatable bonds is 5. The van der Waals surface area contributed by atoms with E-state index in [-0.39, 0.29) is 36.5 Å². The Morgan fingerprint density at radius 1 is 1.36 bits per heavy atom. The lowest BCUT2D eigenvalue weighted by molar-refractivity contribution is 0.0581. The van der Waals surface area contributed by atoms with E-state index in [1.165, 1.54) is 0 Å². The molecule has 0 spiro atoms. The highest BCUT2D eigenvalue weighted by Gasteiger charge is 2.30. The van der Waals surface area contributed by atoms with Gasteiger partial charge in [0, 0.05) is 30.8 Å². The van der Waals surface area contributed by atoms with Gasteiger partial charge in [0.15, 0.2) is 0 Å². The van der Waals surface area contributed by atoms with E-state index in [0.717, 1.165) is 51.0 Å². The van der Waals surface area contributed by atoms with Gasteiger partial charge in [-0.15, -0.1) is 12.4 Å². The number of halogens is 1. The summed E-state index contributed by atoms with van der Waals surface area (Å²) >= 11 is 0. The minimum absolute atomic E-state index is 0. The van der Waals surface area contributed by atoms with Crippen LogP contribution in [0.3, 0.4) is 0 Å². The number of amides is 1. The van der Waals surface area contributed by atoms with Gasteiger partial charge in [-0.25, -0.2) is 0 Å². The summed E-state index contributed by atoms with van der Waals surface area (Å²) < 4.78 is 11.4. The maximum Gasteiger partial charge on any atom is 0.254 e. The summed E-state index contributed by atoms with van der Waals surface area (Å²) in [5.41, 5.74) is 6.76. The SMILES string of the molecule is CC(N)C1CCCCN1C(=O)c1cccc(OCC2CCCO2)c1.Cl. The molecule has 2 heterocycles. The second-order valence-electron chi connectivity index (χ2n) is 6.89. The molecule has 3 atom stereocenters. The maximum absolute atomic E-state index is 12.9. The highest BCUT2D eigenvalue weighted by atomic mass is 35.5. The van der Waals surface area contributed by atoms with Crippen LogP contribution in [0.1, 0.15) is 49.4 Å². The molecule has 3 rings (SSSR count). The smallest absolute Gasteiger partial charge is 0.254 e. The molecule has 2 N–H and O–H groups in total. The predicted molar refractivity (Wildman–Crippen MR) is 100 cm³/mol. The average molecular weight is 369 g/mol. The molecule has 5 nitrogen and oxygen atoms in total. The van der Waals surface area contributed by atoms with Crippen LogP contribution in [0.4, 0.5) is 0 Å². The fraction of sp³-hybridized carbons (Fsp3) is 0.632. The molecular weight excluding hydrogens is 340 g/mol. The first-order chi connectivity index (χ1) is 11.6. The molecule has 0 bridgehead atoms. The molecule has 0 radical (unpaired) electrons. The predicted octanol–water partition coefficient (Wildman–Crippen LogP) is 3.01. The fourth-order valence-electron chi connectivity index (χ4n) is 3.61. The minimum atomic E-state index is -0.00630.